The number of esters is 1. The van der Waals surface area contributed by atoms with Gasteiger partial charge in [0, 0.05) is 18.1 Å². The van der Waals surface area contributed by atoms with Crippen molar-refractivity contribution in [3.63, 3.8) is 0 Å². The van der Waals surface area contributed by atoms with E-state index in [-0.39, 0.29) is 23.8 Å². The van der Waals surface area contributed by atoms with Crippen LogP contribution in [0, 0.1) is 11.3 Å². The van der Waals surface area contributed by atoms with E-state index in [9.17, 15) is 19.2 Å². The largest absolute Gasteiger partial charge is 0.452 e. The van der Waals surface area contributed by atoms with Crippen LogP contribution < -0.4 is 16.1 Å². The first-order chi connectivity index (χ1) is 20.3. The van der Waals surface area contributed by atoms with E-state index in [4.69, 9.17) is 4.74 Å². The zero-order chi connectivity index (χ0) is 31.9. The van der Waals surface area contributed by atoms with Crippen LogP contribution in [0.4, 0.5) is 0 Å². The van der Waals surface area contributed by atoms with Gasteiger partial charge in [-0.3, -0.25) is 29.2 Å². The van der Waals surface area contributed by atoms with E-state index < -0.39 is 35.5 Å². The topological polar surface area (TPSA) is 130 Å². The predicted molar refractivity (Wildman–Crippen MR) is 167 cm³/mol. The SMILES string of the molecule is C=CCC(C)(C)C(=O)O[C@H](C(=O)N[C@@H](C)C(=O)N1CCC[C@@H](C(=O)N[C@H](C)c2ccc3cnc(C=C)cc3c2)N1)C(C)C. The number of benzene rings is 1. The number of aromatic nitrogens is 1. The Bertz CT molecular complexity index is 1370. The van der Waals surface area contributed by atoms with E-state index in [2.05, 4.69) is 34.2 Å². The Balaban J connectivity index is 1.60. The molecule has 3 amide bonds. The molecule has 2 aromatic rings. The minimum Gasteiger partial charge on any atom is -0.452 e. The molecule has 0 bridgehead atoms. The number of hydrogen-bond acceptors (Lipinski definition) is 7. The second kappa shape index (κ2) is 14.4. The number of nitrogens with zero attached hydrogens (tertiary/aromatic N) is 2. The number of hydrogen-bond donors (Lipinski definition) is 3. The second-order valence-corrected chi connectivity index (χ2v) is 12.1. The normalized spacial score (nSPS) is 17.5. The smallest absolute Gasteiger partial charge is 0.312 e. The molecule has 10 nitrogen and oxygen atoms in total. The summed E-state index contributed by atoms with van der Waals surface area (Å²) in [7, 11) is 0. The van der Waals surface area contributed by atoms with Crippen LogP contribution >= 0.6 is 0 Å². The Morgan fingerprint density at radius 1 is 1.12 bits per heavy atom. The quantitative estimate of drug-likeness (QED) is 0.249. The molecule has 1 aliphatic rings. The van der Waals surface area contributed by atoms with Crippen LogP contribution in [0.5, 0.6) is 0 Å². The van der Waals surface area contributed by atoms with E-state index in [1.54, 1.807) is 53.0 Å². The lowest BCUT2D eigenvalue weighted by Crippen LogP contribution is -2.61. The van der Waals surface area contributed by atoms with Crippen molar-refractivity contribution in [2.75, 3.05) is 6.54 Å². The van der Waals surface area contributed by atoms with Gasteiger partial charge in [-0.05, 0) is 82.0 Å². The Kier molecular flexibility index (Phi) is 11.2. The van der Waals surface area contributed by atoms with Crippen molar-refractivity contribution in [1.29, 1.82) is 0 Å². The van der Waals surface area contributed by atoms with Crippen LogP contribution in [0.3, 0.4) is 0 Å². The minimum atomic E-state index is -1.06. The summed E-state index contributed by atoms with van der Waals surface area (Å²) in [5, 5.41) is 9.11. The molecule has 0 spiro atoms. The number of carbonyl (C=O) groups excluding carboxylic acids is 4. The van der Waals surface area contributed by atoms with Crippen molar-refractivity contribution in [2.24, 2.45) is 11.3 Å². The third kappa shape index (κ3) is 8.50. The molecule has 0 aliphatic carbocycles. The first-order valence-electron chi connectivity index (χ1n) is 14.8. The highest BCUT2D eigenvalue weighted by atomic mass is 16.5. The van der Waals surface area contributed by atoms with Gasteiger partial charge >= 0.3 is 5.97 Å². The highest BCUT2D eigenvalue weighted by Gasteiger charge is 2.36. The summed E-state index contributed by atoms with van der Waals surface area (Å²) >= 11 is 0. The fourth-order valence-electron chi connectivity index (χ4n) is 4.89. The number of amides is 3. The molecule has 1 aromatic heterocycles. The molecule has 0 saturated carbocycles. The summed E-state index contributed by atoms with van der Waals surface area (Å²) in [5.41, 5.74) is 3.92. The fraction of sp³-hybridized carbons (Fsp3) is 0.485. The maximum Gasteiger partial charge on any atom is 0.312 e. The van der Waals surface area contributed by atoms with Gasteiger partial charge in [0.25, 0.3) is 11.8 Å². The molecule has 4 atom stereocenters. The Morgan fingerprint density at radius 2 is 1.84 bits per heavy atom. The van der Waals surface area contributed by atoms with Crippen LogP contribution in [0.1, 0.15) is 78.1 Å². The van der Waals surface area contributed by atoms with Gasteiger partial charge in [-0.15, -0.1) is 6.58 Å². The number of hydrazine groups is 1. The zero-order valence-electron chi connectivity index (χ0n) is 26.1. The molecule has 1 aromatic carbocycles. The number of nitrogens with one attached hydrogen (secondary N) is 3. The summed E-state index contributed by atoms with van der Waals surface area (Å²) in [5.74, 6) is -1.98. The van der Waals surface area contributed by atoms with E-state index in [0.29, 0.717) is 25.8 Å². The van der Waals surface area contributed by atoms with Crippen LogP contribution in [0.15, 0.2) is 49.7 Å². The van der Waals surface area contributed by atoms with E-state index >= 15 is 0 Å². The third-order valence-electron chi connectivity index (χ3n) is 7.64. The summed E-state index contributed by atoms with van der Waals surface area (Å²) in [6, 6.07) is 6.10. The Morgan fingerprint density at radius 3 is 2.49 bits per heavy atom. The molecule has 232 valence electrons. The number of rotatable bonds is 12. The summed E-state index contributed by atoms with van der Waals surface area (Å²) < 4.78 is 5.57. The molecule has 1 aliphatic heterocycles. The second-order valence-electron chi connectivity index (χ2n) is 12.1. The molecule has 3 N–H and O–H groups in total. The van der Waals surface area contributed by atoms with E-state index in [0.717, 1.165) is 22.0 Å². The lowest BCUT2D eigenvalue weighted by molar-refractivity contribution is -0.167. The summed E-state index contributed by atoms with van der Waals surface area (Å²) in [6.45, 7) is 18.3. The number of fused-ring (bicyclic) bond motifs is 1. The maximum absolute atomic E-state index is 13.3. The molecule has 43 heavy (non-hydrogen) atoms. The molecule has 2 heterocycles. The van der Waals surface area contributed by atoms with Gasteiger partial charge in [0.2, 0.25) is 5.91 Å². The van der Waals surface area contributed by atoms with Crippen LogP contribution in [-0.4, -0.2) is 58.4 Å². The molecule has 1 fully saturated rings. The molecule has 1 saturated heterocycles. The number of ether oxygens (including phenoxy) is 1. The molecule has 10 heteroatoms. The van der Waals surface area contributed by atoms with Gasteiger partial charge in [-0.25, -0.2) is 5.43 Å². The fourth-order valence-corrected chi connectivity index (χ4v) is 4.89. The van der Waals surface area contributed by atoms with Crippen molar-refractivity contribution in [1.82, 2.24) is 26.1 Å². The third-order valence-corrected chi connectivity index (χ3v) is 7.64. The first kappa shape index (κ1) is 33.5. The Labute approximate surface area is 254 Å². The highest BCUT2D eigenvalue weighted by molar-refractivity contribution is 5.91. The summed E-state index contributed by atoms with van der Waals surface area (Å²) in [4.78, 5) is 56.6. The van der Waals surface area contributed by atoms with Gasteiger partial charge in [-0.2, -0.15) is 0 Å². The number of pyridine rings is 1. The minimum absolute atomic E-state index is 0.225. The zero-order valence-corrected chi connectivity index (χ0v) is 26.1. The Hall–Kier alpha value is -4.05. The van der Waals surface area contributed by atoms with E-state index in [1.807, 2.05) is 31.2 Å². The lowest BCUT2D eigenvalue weighted by Gasteiger charge is -2.35. The van der Waals surface area contributed by atoms with Crippen molar-refractivity contribution in [2.45, 2.75) is 85.0 Å². The van der Waals surface area contributed by atoms with Gasteiger partial charge in [0.05, 0.1) is 17.2 Å². The van der Waals surface area contributed by atoms with Crippen LogP contribution in [0.2, 0.25) is 0 Å². The maximum atomic E-state index is 13.3. The lowest BCUT2D eigenvalue weighted by atomic mass is 9.89. The van der Waals surface area contributed by atoms with Gasteiger partial charge in [0.1, 0.15) is 12.1 Å². The van der Waals surface area contributed by atoms with Crippen LogP contribution in [0.25, 0.3) is 16.8 Å². The molecule has 3 rings (SSSR count). The molecular weight excluding hydrogens is 546 g/mol. The standard InChI is InChI=1S/C33H45N5O5/c1-9-15-33(7,8)32(42)43-28(20(3)4)30(40)36-22(6)31(41)38-16-11-12-27(37-38)29(39)35-21(5)23-13-14-24-19-34-26(10-2)18-25(24)17-23/h9-10,13-14,17-22,27-28,37H,1-2,11-12,15-16H2,3-8H3,(H,35,39)(H,36,40)/t21-,22+,27+,28+/m1/s1. The molecule has 0 radical (unpaired) electrons. The molecule has 0 unspecified atom stereocenters. The van der Waals surface area contributed by atoms with Crippen molar-refractivity contribution in [3.8, 4) is 0 Å². The number of carbonyl (C=O) groups is 4. The average molecular weight is 592 g/mol. The van der Waals surface area contributed by atoms with Crippen molar-refractivity contribution in [3.05, 3.63) is 61.0 Å². The van der Waals surface area contributed by atoms with Crippen molar-refractivity contribution < 1.29 is 23.9 Å². The average Bonchev–Trinajstić information content (AvgIpc) is 2.98. The van der Waals surface area contributed by atoms with Gasteiger partial charge in [0.15, 0.2) is 6.10 Å². The predicted octanol–water partition coefficient (Wildman–Crippen LogP) is 4.23. The first-order valence-corrected chi connectivity index (χ1v) is 14.8. The van der Waals surface area contributed by atoms with Crippen LogP contribution in [-0.2, 0) is 23.9 Å². The monoisotopic (exact) mass is 591 g/mol. The van der Waals surface area contributed by atoms with Gasteiger partial charge in [-0.1, -0.05) is 38.6 Å². The number of allylic oxidation sites excluding steroid dienone is 1. The molecular formula is C33H45N5O5. The highest BCUT2D eigenvalue weighted by Crippen LogP contribution is 2.25. The summed E-state index contributed by atoms with van der Waals surface area (Å²) in [6.07, 6.45) is 5.63. The van der Waals surface area contributed by atoms with Gasteiger partial charge < -0.3 is 15.4 Å². The van der Waals surface area contributed by atoms with E-state index in [1.165, 1.54) is 5.01 Å². The van der Waals surface area contributed by atoms with Crippen molar-refractivity contribution >= 4 is 40.5 Å².